The van der Waals surface area contributed by atoms with Gasteiger partial charge in [0.2, 0.25) is 0 Å². The molecule has 0 saturated carbocycles. The fraction of sp³-hybridized carbons (Fsp3) is 0.412. The van der Waals surface area contributed by atoms with E-state index in [1.54, 1.807) is 5.38 Å². The summed E-state index contributed by atoms with van der Waals surface area (Å²) in [6, 6.07) is 8.38. The molecule has 2 aromatic rings. The summed E-state index contributed by atoms with van der Waals surface area (Å²) in [7, 11) is 0. The first-order valence-corrected chi connectivity index (χ1v) is 8.30. The molecule has 0 unspecified atom stereocenters. The molecule has 0 atom stereocenters. The van der Waals surface area contributed by atoms with Crippen molar-refractivity contribution in [2.75, 3.05) is 13.1 Å². The van der Waals surface area contributed by atoms with Crippen LogP contribution in [-0.4, -0.2) is 24.0 Å². The third-order valence-corrected chi connectivity index (χ3v) is 4.54. The molecule has 1 aromatic carbocycles. The standard InChI is InChI=1S/C17H23N3OS/c1-12-5-4-6-13(9-12)17(2,3)11-19-16(21)14-10-22-15(20-14)7-8-18/h4-6,9-10H,7-8,11,18H2,1-3H3,(H,19,21). The second-order valence-electron chi connectivity index (χ2n) is 6.10. The van der Waals surface area contributed by atoms with Gasteiger partial charge < -0.3 is 11.1 Å². The molecule has 0 aliphatic heterocycles. The molecule has 1 amide bonds. The molecule has 0 saturated heterocycles. The van der Waals surface area contributed by atoms with E-state index in [0.717, 1.165) is 5.01 Å². The van der Waals surface area contributed by atoms with Crippen molar-refractivity contribution in [3.05, 3.63) is 51.5 Å². The van der Waals surface area contributed by atoms with Gasteiger partial charge in [-0.3, -0.25) is 4.79 Å². The average Bonchev–Trinajstić information content (AvgIpc) is 2.94. The number of carbonyl (C=O) groups is 1. The normalized spacial score (nSPS) is 11.5. The lowest BCUT2D eigenvalue weighted by molar-refractivity contribution is 0.0941. The number of rotatable bonds is 6. The SMILES string of the molecule is Cc1cccc(C(C)(C)CNC(=O)c2csc(CCN)n2)c1. The highest BCUT2D eigenvalue weighted by Crippen LogP contribution is 2.23. The number of thiazole rings is 1. The summed E-state index contributed by atoms with van der Waals surface area (Å²) in [6.45, 7) is 7.45. The Hall–Kier alpha value is -1.72. The minimum Gasteiger partial charge on any atom is -0.350 e. The van der Waals surface area contributed by atoms with Crippen molar-refractivity contribution >= 4 is 17.2 Å². The molecular weight excluding hydrogens is 294 g/mol. The average molecular weight is 317 g/mol. The van der Waals surface area contributed by atoms with E-state index in [9.17, 15) is 4.79 Å². The zero-order valence-corrected chi connectivity index (χ0v) is 14.2. The lowest BCUT2D eigenvalue weighted by atomic mass is 9.84. The quantitative estimate of drug-likeness (QED) is 0.860. The van der Waals surface area contributed by atoms with Gasteiger partial charge in [0.15, 0.2) is 0 Å². The molecule has 0 fully saturated rings. The summed E-state index contributed by atoms with van der Waals surface area (Å²) >= 11 is 1.48. The summed E-state index contributed by atoms with van der Waals surface area (Å²) in [5, 5.41) is 5.69. The molecule has 0 bridgehead atoms. The predicted molar refractivity (Wildman–Crippen MR) is 91.4 cm³/mol. The van der Waals surface area contributed by atoms with E-state index in [4.69, 9.17) is 5.73 Å². The molecule has 0 radical (unpaired) electrons. The third kappa shape index (κ3) is 4.15. The third-order valence-electron chi connectivity index (χ3n) is 3.63. The second kappa shape index (κ2) is 7.03. The first-order chi connectivity index (χ1) is 10.4. The van der Waals surface area contributed by atoms with E-state index in [1.165, 1.54) is 22.5 Å². The molecule has 1 heterocycles. The topological polar surface area (TPSA) is 68.0 Å². The maximum atomic E-state index is 12.2. The van der Waals surface area contributed by atoms with Gasteiger partial charge >= 0.3 is 0 Å². The number of benzene rings is 1. The summed E-state index contributed by atoms with van der Waals surface area (Å²) in [6.07, 6.45) is 0.715. The van der Waals surface area contributed by atoms with Gasteiger partial charge in [0.1, 0.15) is 5.69 Å². The van der Waals surface area contributed by atoms with Gasteiger partial charge in [-0.2, -0.15) is 0 Å². The fourth-order valence-corrected chi connectivity index (χ4v) is 3.01. The fourth-order valence-electron chi connectivity index (χ4n) is 2.21. The van der Waals surface area contributed by atoms with E-state index in [0.29, 0.717) is 25.2 Å². The van der Waals surface area contributed by atoms with Crippen LogP contribution in [0.3, 0.4) is 0 Å². The molecule has 5 heteroatoms. The van der Waals surface area contributed by atoms with Crippen LogP contribution in [0.2, 0.25) is 0 Å². The molecule has 2 rings (SSSR count). The summed E-state index contributed by atoms with van der Waals surface area (Å²) < 4.78 is 0. The van der Waals surface area contributed by atoms with Crippen molar-refractivity contribution in [2.24, 2.45) is 5.73 Å². The Labute approximate surface area is 135 Å². The van der Waals surface area contributed by atoms with Crippen LogP contribution in [0, 0.1) is 6.92 Å². The van der Waals surface area contributed by atoms with Gasteiger partial charge in [-0.1, -0.05) is 43.7 Å². The van der Waals surface area contributed by atoms with Crippen LogP contribution in [0.15, 0.2) is 29.6 Å². The van der Waals surface area contributed by atoms with Crippen LogP contribution in [-0.2, 0) is 11.8 Å². The number of aryl methyl sites for hydroxylation is 1. The van der Waals surface area contributed by atoms with Crippen LogP contribution in [0.25, 0.3) is 0 Å². The summed E-state index contributed by atoms with van der Waals surface area (Å²) in [5.41, 5.74) is 8.30. The molecular formula is C17H23N3OS. The van der Waals surface area contributed by atoms with Crippen LogP contribution in [0.1, 0.15) is 40.5 Å². The van der Waals surface area contributed by atoms with Crippen molar-refractivity contribution in [1.29, 1.82) is 0 Å². The molecule has 118 valence electrons. The van der Waals surface area contributed by atoms with E-state index in [-0.39, 0.29) is 11.3 Å². The Morgan fingerprint density at radius 1 is 1.41 bits per heavy atom. The van der Waals surface area contributed by atoms with Gasteiger partial charge in [0, 0.05) is 23.8 Å². The highest BCUT2D eigenvalue weighted by Gasteiger charge is 2.22. The maximum absolute atomic E-state index is 12.2. The molecule has 22 heavy (non-hydrogen) atoms. The minimum absolute atomic E-state index is 0.125. The number of carbonyl (C=O) groups excluding carboxylic acids is 1. The number of hydrogen-bond donors (Lipinski definition) is 2. The molecule has 4 nitrogen and oxygen atoms in total. The van der Waals surface area contributed by atoms with Crippen LogP contribution >= 0.6 is 11.3 Å². The molecule has 0 spiro atoms. The molecule has 0 aliphatic rings. The van der Waals surface area contributed by atoms with Crippen molar-refractivity contribution in [1.82, 2.24) is 10.3 Å². The Morgan fingerprint density at radius 2 is 2.18 bits per heavy atom. The summed E-state index contributed by atoms with van der Waals surface area (Å²) in [5.74, 6) is -0.125. The molecule has 3 N–H and O–H groups in total. The Balaban J connectivity index is 2.00. The number of hydrogen-bond acceptors (Lipinski definition) is 4. The van der Waals surface area contributed by atoms with Gasteiger partial charge in [0.25, 0.3) is 5.91 Å². The monoisotopic (exact) mass is 317 g/mol. The van der Waals surface area contributed by atoms with Crippen LogP contribution in [0.4, 0.5) is 0 Å². The van der Waals surface area contributed by atoms with Crippen molar-refractivity contribution in [3.63, 3.8) is 0 Å². The van der Waals surface area contributed by atoms with E-state index >= 15 is 0 Å². The van der Waals surface area contributed by atoms with E-state index in [2.05, 4.69) is 49.3 Å². The number of nitrogens with one attached hydrogen (secondary N) is 1. The van der Waals surface area contributed by atoms with E-state index in [1.807, 2.05) is 6.07 Å². The first-order valence-electron chi connectivity index (χ1n) is 7.42. The Bertz CT molecular complexity index is 649. The van der Waals surface area contributed by atoms with Crippen molar-refractivity contribution < 1.29 is 4.79 Å². The second-order valence-corrected chi connectivity index (χ2v) is 7.04. The number of amides is 1. The van der Waals surface area contributed by atoms with Crippen molar-refractivity contribution in [3.8, 4) is 0 Å². The minimum atomic E-state index is -0.127. The van der Waals surface area contributed by atoms with Crippen LogP contribution < -0.4 is 11.1 Å². The van der Waals surface area contributed by atoms with Gasteiger partial charge in [0.05, 0.1) is 5.01 Å². The lowest BCUT2D eigenvalue weighted by Crippen LogP contribution is -2.36. The number of aromatic nitrogens is 1. The number of nitrogens with two attached hydrogens (primary N) is 1. The Kier molecular flexibility index (Phi) is 5.32. The van der Waals surface area contributed by atoms with E-state index < -0.39 is 0 Å². The smallest absolute Gasteiger partial charge is 0.270 e. The highest BCUT2D eigenvalue weighted by atomic mass is 32.1. The predicted octanol–water partition coefficient (Wildman–Crippen LogP) is 2.66. The zero-order valence-electron chi connectivity index (χ0n) is 13.3. The zero-order chi connectivity index (χ0) is 16.2. The maximum Gasteiger partial charge on any atom is 0.270 e. The molecule has 1 aromatic heterocycles. The molecule has 0 aliphatic carbocycles. The van der Waals surface area contributed by atoms with Crippen molar-refractivity contribution in [2.45, 2.75) is 32.6 Å². The highest BCUT2D eigenvalue weighted by molar-refractivity contribution is 7.09. The van der Waals surface area contributed by atoms with Crippen LogP contribution in [0.5, 0.6) is 0 Å². The van der Waals surface area contributed by atoms with Gasteiger partial charge in [-0.15, -0.1) is 11.3 Å². The van der Waals surface area contributed by atoms with Gasteiger partial charge in [-0.25, -0.2) is 4.98 Å². The first kappa shape index (κ1) is 16.6. The lowest BCUT2D eigenvalue weighted by Gasteiger charge is -2.26. The summed E-state index contributed by atoms with van der Waals surface area (Å²) in [4.78, 5) is 16.5. The number of nitrogens with zero attached hydrogens (tertiary/aromatic N) is 1. The Morgan fingerprint density at radius 3 is 2.86 bits per heavy atom. The largest absolute Gasteiger partial charge is 0.350 e. The van der Waals surface area contributed by atoms with Gasteiger partial charge in [-0.05, 0) is 19.0 Å².